The van der Waals surface area contributed by atoms with E-state index in [1.54, 1.807) is 0 Å². The lowest BCUT2D eigenvalue weighted by atomic mass is 10.3. The van der Waals surface area contributed by atoms with Crippen molar-refractivity contribution in [3.63, 3.8) is 0 Å². The largest absolute Gasteiger partial charge is 0.493 e. The summed E-state index contributed by atoms with van der Waals surface area (Å²) in [4.78, 5) is 26.0. The molecule has 0 fully saturated rings. The smallest absolute Gasteiger partial charge is 0.387 e. The number of ether oxygens (including phenoxy) is 1. The Morgan fingerprint density at radius 3 is 2.33 bits per heavy atom. The number of rotatable bonds is 4. The number of nitrogens with one attached hydrogen (secondary N) is 2. The van der Waals surface area contributed by atoms with Crippen LogP contribution in [0, 0.1) is 0 Å². The van der Waals surface area contributed by atoms with Crippen molar-refractivity contribution in [2.24, 2.45) is 10.2 Å². The zero-order valence-corrected chi connectivity index (χ0v) is 10.2. The maximum Gasteiger partial charge on any atom is 0.387 e. The number of benzene rings is 1. The Balaban J connectivity index is 2.22. The van der Waals surface area contributed by atoms with Crippen LogP contribution in [0.1, 0.15) is 0 Å². The molecule has 0 amide bonds. The number of aromatic hydroxyl groups is 1. The summed E-state index contributed by atoms with van der Waals surface area (Å²) >= 11 is 0. The lowest BCUT2D eigenvalue weighted by molar-refractivity contribution is -0.0498. The van der Waals surface area contributed by atoms with Crippen LogP contribution in [0.2, 0.25) is 0 Å². The first kappa shape index (κ1) is 14.4. The molecule has 0 aliphatic heterocycles. The highest BCUT2D eigenvalue weighted by molar-refractivity contribution is 5.45. The number of alkyl halides is 2. The molecule has 1 aromatic heterocycles. The van der Waals surface area contributed by atoms with E-state index in [9.17, 15) is 23.5 Å². The monoisotopic (exact) mass is 298 g/mol. The number of hydrogen-bond donors (Lipinski definition) is 3. The third-order valence-electron chi connectivity index (χ3n) is 2.23. The minimum Gasteiger partial charge on any atom is -0.493 e. The molecule has 3 N–H and O–H groups in total. The van der Waals surface area contributed by atoms with Crippen molar-refractivity contribution in [1.82, 2.24) is 9.97 Å². The third-order valence-corrected chi connectivity index (χ3v) is 2.23. The van der Waals surface area contributed by atoms with E-state index in [0.717, 1.165) is 0 Å². The summed E-state index contributed by atoms with van der Waals surface area (Å²) in [6.45, 7) is -2.94. The maximum atomic E-state index is 12.0. The lowest BCUT2D eigenvalue weighted by Crippen LogP contribution is -2.20. The molecule has 2 aromatic rings. The third kappa shape index (κ3) is 3.72. The van der Waals surface area contributed by atoms with Crippen LogP contribution in [0.3, 0.4) is 0 Å². The number of halogens is 2. The SMILES string of the molecule is O=c1[nH]c(O)c(N=Nc2ccc(OC(F)F)cc2)c(=O)[nH]1. The summed E-state index contributed by atoms with van der Waals surface area (Å²) in [6, 6.07) is 5.10. The molecule has 0 unspecified atom stereocenters. The zero-order chi connectivity index (χ0) is 15.4. The number of aromatic amines is 2. The molecule has 0 aliphatic carbocycles. The first-order valence-electron chi connectivity index (χ1n) is 5.48. The van der Waals surface area contributed by atoms with E-state index in [0.29, 0.717) is 0 Å². The van der Waals surface area contributed by atoms with Crippen molar-refractivity contribution in [3.8, 4) is 11.6 Å². The van der Waals surface area contributed by atoms with Crippen LogP contribution in [-0.2, 0) is 0 Å². The van der Waals surface area contributed by atoms with Gasteiger partial charge in [-0.05, 0) is 24.3 Å². The standard InChI is InChI=1S/C11H8F2N4O4/c12-10(13)21-6-3-1-5(2-4-6)16-17-7-8(18)14-11(20)15-9(7)19/h1-4,10H,(H3,14,15,18,19,20). The molecule has 0 saturated carbocycles. The molecule has 0 spiro atoms. The molecule has 0 atom stereocenters. The van der Waals surface area contributed by atoms with E-state index >= 15 is 0 Å². The number of nitrogens with zero attached hydrogens (tertiary/aromatic N) is 2. The molecule has 21 heavy (non-hydrogen) atoms. The number of H-pyrrole nitrogens is 2. The molecule has 1 heterocycles. The number of aromatic nitrogens is 2. The minimum absolute atomic E-state index is 0.0614. The fourth-order valence-corrected chi connectivity index (χ4v) is 1.36. The van der Waals surface area contributed by atoms with Crippen LogP contribution in [0.4, 0.5) is 20.2 Å². The molecule has 1 aromatic carbocycles. The predicted molar refractivity (Wildman–Crippen MR) is 66.6 cm³/mol. The second kappa shape index (κ2) is 5.94. The molecular formula is C11H8F2N4O4. The minimum atomic E-state index is -2.94. The topological polar surface area (TPSA) is 120 Å². The van der Waals surface area contributed by atoms with Crippen LogP contribution < -0.4 is 16.0 Å². The van der Waals surface area contributed by atoms with Crippen LogP contribution in [0.5, 0.6) is 11.6 Å². The van der Waals surface area contributed by atoms with Gasteiger partial charge >= 0.3 is 12.3 Å². The number of hydrogen-bond acceptors (Lipinski definition) is 6. The first-order chi connectivity index (χ1) is 9.95. The highest BCUT2D eigenvalue weighted by Crippen LogP contribution is 2.23. The Morgan fingerprint density at radius 2 is 1.76 bits per heavy atom. The normalized spacial score (nSPS) is 11.2. The molecule has 0 radical (unpaired) electrons. The lowest BCUT2D eigenvalue weighted by Gasteiger charge is -2.03. The Kier molecular flexibility index (Phi) is 4.07. The molecule has 10 heteroatoms. The van der Waals surface area contributed by atoms with Gasteiger partial charge in [-0.2, -0.15) is 13.9 Å². The van der Waals surface area contributed by atoms with Gasteiger partial charge in [0, 0.05) is 0 Å². The van der Waals surface area contributed by atoms with Crippen LogP contribution in [0.15, 0.2) is 44.1 Å². The first-order valence-corrected chi connectivity index (χ1v) is 5.48. The average Bonchev–Trinajstić information content (AvgIpc) is 2.38. The molecule has 8 nitrogen and oxygen atoms in total. The van der Waals surface area contributed by atoms with Gasteiger partial charge in [0.2, 0.25) is 11.6 Å². The average molecular weight is 298 g/mol. The highest BCUT2D eigenvalue weighted by Gasteiger charge is 2.07. The van der Waals surface area contributed by atoms with Crippen molar-refractivity contribution in [2.75, 3.05) is 0 Å². The Hall–Kier alpha value is -3.04. The molecule has 0 aliphatic rings. The molecule has 110 valence electrons. The van der Waals surface area contributed by atoms with E-state index in [1.165, 1.54) is 24.3 Å². The summed E-state index contributed by atoms with van der Waals surface area (Å²) in [6.07, 6.45) is 0. The van der Waals surface area contributed by atoms with Gasteiger partial charge in [-0.1, -0.05) is 0 Å². The number of azo groups is 1. The molecule has 0 saturated heterocycles. The van der Waals surface area contributed by atoms with Gasteiger partial charge in [-0.25, -0.2) is 4.79 Å². The Bertz CT molecular complexity index is 767. The summed E-state index contributed by atoms with van der Waals surface area (Å²) in [5, 5.41) is 16.5. The molecule has 2 rings (SSSR count). The molecular weight excluding hydrogens is 290 g/mol. The van der Waals surface area contributed by atoms with Gasteiger partial charge in [0.05, 0.1) is 5.69 Å². The van der Waals surface area contributed by atoms with Crippen LogP contribution >= 0.6 is 0 Å². The van der Waals surface area contributed by atoms with Gasteiger partial charge in [-0.15, -0.1) is 5.11 Å². The highest BCUT2D eigenvalue weighted by atomic mass is 19.3. The Morgan fingerprint density at radius 1 is 1.10 bits per heavy atom. The quantitative estimate of drug-likeness (QED) is 0.745. The second-order valence-corrected chi connectivity index (χ2v) is 3.68. The van der Waals surface area contributed by atoms with Crippen molar-refractivity contribution in [2.45, 2.75) is 6.61 Å². The zero-order valence-electron chi connectivity index (χ0n) is 10.2. The van der Waals surface area contributed by atoms with Crippen molar-refractivity contribution in [1.29, 1.82) is 0 Å². The van der Waals surface area contributed by atoms with Gasteiger partial charge < -0.3 is 9.84 Å². The van der Waals surface area contributed by atoms with Crippen LogP contribution in [-0.4, -0.2) is 21.7 Å². The van der Waals surface area contributed by atoms with Gasteiger partial charge in [0.15, 0.2) is 0 Å². The van der Waals surface area contributed by atoms with Crippen molar-refractivity contribution >= 4 is 11.4 Å². The van der Waals surface area contributed by atoms with Gasteiger partial charge in [-0.3, -0.25) is 14.8 Å². The van der Waals surface area contributed by atoms with Gasteiger partial charge in [0.1, 0.15) is 5.75 Å². The second-order valence-electron chi connectivity index (χ2n) is 3.68. The summed E-state index contributed by atoms with van der Waals surface area (Å²) < 4.78 is 28.0. The van der Waals surface area contributed by atoms with E-state index in [-0.39, 0.29) is 11.4 Å². The molecule has 0 bridgehead atoms. The maximum absolute atomic E-state index is 12.0. The van der Waals surface area contributed by atoms with Gasteiger partial charge in [0.25, 0.3) is 5.56 Å². The van der Waals surface area contributed by atoms with E-state index in [1.807, 2.05) is 9.97 Å². The summed E-state index contributed by atoms with van der Waals surface area (Å²) in [5.41, 5.74) is -2.06. The van der Waals surface area contributed by atoms with E-state index < -0.39 is 29.4 Å². The van der Waals surface area contributed by atoms with E-state index in [4.69, 9.17) is 0 Å². The van der Waals surface area contributed by atoms with E-state index in [2.05, 4.69) is 15.0 Å². The Labute approximate surface area is 114 Å². The predicted octanol–water partition coefficient (Wildman–Crippen LogP) is 1.79. The fraction of sp³-hybridized carbons (Fsp3) is 0.0909. The van der Waals surface area contributed by atoms with Crippen LogP contribution in [0.25, 0.3) is 0 Å². The van der Waals surface area contributed by atoms with Crippen molar-refractivity contribution in [3.05, 3.63) is 45.1 Å². The van der Waals surface area contributed by atoms with Crippen molar-refractivity contribution < 1.29 is 18.6 Å². The summed E-state index contributed by atoms with van der Waals surface area (Å²) in [7, 11) is 0. The fourth-order valence-electron chi connectivity index (χ4n) is 1.36. The summed E-state index contributed by atoms with van der Waals surface area (Å²) in [5.74, 6) is -0.793.